The highest BCUT2D eigenvalue weighted by atomic mass is 16.3. The third-order valence-electron chi connectivity index (χ3n) is 4.94. The van der Waals surface area contributed by atoms with Crippen molar-refractivity contribution in [3.05, 3.63) is 89.4 Å². The van der Waals surface area contributed by atoms with E-state index in [1.54, 1.807) is 13.2 Å². The van der Waals surface area contributed by atoms with Gasteiger partial charge in [-0.2, -0.15) is 0 Å². The second kappa shape index (κ2) is 9.89. The summed E-state index contributed by atoms with van der Waals surface area (Å²) < 4.78 is 5.56. The van der Waals surface area contributed by atoms with Gasteiger partial charge in [0.15, 0.2) is 0 Å². The van der Waals surface area contributed by atoms with E-state index >= 15 is 0 Å². The highest BCUT2D eigenvalue weighted by Gasteiger charge is 2.23. The van der Waals surface area contributed by atoms with Crippen LogP contribution in [0.1, 0.15) is 35.4 Å². The summed E-state index contributed by atoms with van der Waals surface area (Å²) in [6.45, 7) is 5.53. The van der Waals surface area contributed by atoms with E-state index in [4.69, 9.17) is 4.42 Å². The molecule has 0 aliphatic carbocycles. The fourth-order valence-corrected chi connectivity index (χ4v) is 3.29. The number of amides is 2. The van der Waals surface area contributed by atoms with Gasteiger partial charge < -0.3 is 15.1 Å². The van der Waals surface area contributed by atoms with Gasteiger partial charge in [-0.15, -0.1) is 0 Å². The van der Waals surface area contributed by atoms with Crippen molar-refractivity contribution in [2.75, 3.05) is 11.9 Å². The van der Waals surface area contributed by atoms with E-state index in [2.05, 4.69) is 16.0 Å². The number of rotatable bonds is 8. The fourth-order valence-electron chi connectivity index (χ4n) is 3.29. The molecule has 6 nitrogen and oxygen atoms in total. The Bertz CT molecular complexity index is 964. The zero-order valence-electron chi connectivity index (χ0n) is 17.4. The minimum Gasteiger partial charge on any atom is -0.467 e. The van der Waals surface area contributed by atoms with Crippen molar-refractivity contribution in [2.24, 2.45) is 0 Å². The lowest BCUT2D eigenvalue weighted by Gasteiger charge is -2.22. The first kappa shape index (κ1) is 21.3. The first-order valence-electron chi connectivity index (χ1n) is 9.94. The van der Waals surface area contributed by atoms with Crippen molar-refractivity contribution in [1.29, 1.82) is 0 Å². The predicted octanol–water partition coefficient (Wildman–Crippen LogP) is 3.72. The van der Waals surface area contributed by atoms with Crippen molar-refractivity contribution in [3.63, 3.8) is 0 Å². The van der Waals surface area contributed by atoms with E-state index < -0.39 is 6.04 Å². The van der Waals surface area contributed by atoms with Gasteiger partial charge in [-0.25, -0.2) is 0 Å². The second-order valence-corrected chi connectivity index (χ2v) is 7.28. The molecular weight excluding hydrogens is 378 g/mol. The maximum absolute atomic E-state index is 12.6. The highest BCUT2D eigenvalue weighted by molar-refractivity contribution is 5.96. The topological polar surface area (TPSA) is 83.4 Å². The molecule has 0 aliphatic rings. The molecular formula is C24H27N3O3. The van der Waals surface area contributed by atoms with Crippen LogP contribution in [0.2, 0.25) is 0 Å². The number of hydrogen-bond donors (Lipinski definition) is 3. The molecule has 2 atom stereocenters. The monoisotopic (exact) mass is 405 g/mol. The smallest absolute Gasteiger partial charge is 0.243 e. The Balaban J connectivity index is 1.59. The van der Waals surface area contributed by atoms with Gasteiger partial charge in [0.1, 0.15) is 5.76 Å². The lowest BCUT2D eigenvalue weighted by molar-refractivity contribution is -0.125. The number of furan rings is 1. The number of benzene rings is 2. The van der Waals surface area contributed by atoms with E-state index in [9.17, 15) is 9.59 Å². The summed E-state index contributed by atoms with van der Waals surface area (Å²) >= 11 is 0. The van der Waals surface area contributed by atoms with Crippen molar-refractivity contribution in [1.82, 2.24) is 10.6 Å². The SMILES string of the molecule is Cc1cccc(C)c1NC(=O)CNC(=O)[C@H](C)N[C@@H](c1ccccc1)c1ccco1. The predicted molar refractivity (Wildman–Crippen MR) is 117 cm³/mol. The summed E-state index contributed by atoms with van der Waals surface area (Å²) in [6.07, 6.45) is 1.61. The molecule has 0 spiro atoms. The number of hydrogen-bond acceptors (Lipinski definition) is 4. The second-order valence-electron chi connectivity index (χ2n) is 7.28. The molecule has 0 aliphatic heterocycles. The van der Waals surface area contributed by atoms with Gasteiger partial charge in [-0.05, 0) is 49.6 Å². The summed E-state index contributed by atoms with van der Waals surface area (Å²) in [6, 6.07) is 18.5. The molecule has 1 aromatic heterocycles. The molecule has 1 heterocycles. The van der Waals surface area contributed by atoms with Gasteiger partial charge in [0.25, 0.3) is 0 Å². The normalized spacial score (nSPS) is 12.8. The summed E-state index contributed by atoms with van der Waals surface area (Å²) in [5, 5.41) is 8.86. The van der Waals surface area contributed by atoms with Gasteiger partial charge in [-0.1, -0.05) is 48.5 Å². The number of para-hydroxylation sites is 1. The van der Waals surface area contributed by atoms with Crippen LogP contribution >= 0.6 is 0 Å². The molecule has 3 N–H and O–H groups in total. The first-order chi connectivity index (χ1) is 14.5. The molecule has 0 bridgehead atoms. The van der Waals surface area contributed by atoms with E-state index in [1.807, 2.05) is 74.5 Å². The van der Waals surface area contributed by atoms with Crippen molar-refractivity contribution >= 4 is 17.5 Å². The quantitative estimate of drug-likeness (QED) is 0.533. The van der Waals surface area contributed by atoms with Gasteiger partial charge in [0.05, 0.1) is 24.9 Å². The number of carbonyl (C=O) groups is 2. The van der Waals surface area contributed by atoms with Crippen LogP contribution in [0.5, 0.6) is 0 Å². The maximum Gasteiger partial charge on any atom is 0.243 e. The first-order valence-corrected chi connectivity index (χ1v) is 9.94. The average Bonchev–Trinajstić information content (AvgIpc) is 3.28. The third kappa shape index (κ3) is 5.36. The van der Waals surface area contributed by atoms with Crippen LogP contribution in [0.4, 0.5) is 5.69 Å². The molecule has 6 heteroatoms. The Morgan fingerprint density at radius 3 is 2.27 bits per heavy atom. The van der Waals surface area contributed by atoms with Gasteiger partial charge in [0, 0.05) is 5.69 Å². The minimum atomic E-state index is -0.534. The average molecular weight is 405 g/mol. The molecule has 30 heavy (non-hydrogen) atoms. The Hall–Kier alpha value is -3.38. The molecule has 0 fully saturated rings. The summed E-state index contributed by atoms with van der Waals surface area (Å²) in [5.41, 5.74) is 3.73. The summed E-state index contributed by atoms with van der Waals surface area (Å²) in [5.74, 6) is 0.186. The maximum atomic E-state index is 12.6. The van der Waals surface area contributed by atoms with Crippen molar-refractivity contribution < 1.29 is 14.0 Å². The Kier molecular flexibility index (Phi) is 7.03. The number of aryl methyl sites for hydroxylation is 2. The summed E-state index contributed by atoms with van der Waals surface area (Å²) in [4.78, 5) is 24.9. The van der Waals surface area contributed by atoms with Gasteiger partial charge in [0.2, 0.25) is 11.8 Å². The number of carbonyl (C=O) groups excluding carboxylic acids is 2. The molecule has 156 valence electrons. The standard InChI is InChI=1S/C24H27N3O3/c1-16-9-7-10-17(2)22(16)27-21(28)15-25-24(29)18(3)26-23(20-13-8-14-30-20)19-11-5-4-6-12-19/h4-14,18,23,26H,15H2,1-3H3,(H,25,29)(H,27,28)/t18-,23-/m0/s1. The van der Waals surface area contributed by atoms with Crippen LogP contribution < -0.4 is 16.0 Å². The molecule has 0 radical (unpaired) electrons. The van der Waals surface area contributed by atoms with Crippen LogP contribution in [0.25, 0.3) is 0 Å². The van der Waals surface area contributed by atoms with E-state index in [1.165, 1.54) is 0 Å². The van der Waals surface area contributed by atoms with Crippen LogP contribution in [0, 0.1) is 13.8 Å². The lowest BCUT2D eigenvalue weighted by atomic mass is 10.0. The van der Waals surface area contributed by atoms with E-state index in [0.717, 1.165) is 22.4 Å². The van der Waals surface area contributed by atoms with Crippen LogP contribution in [0.15, 0.2) is 71.3 Å². The van der Waals surface area contributed by atoms with Gasteiger partial charge >= 0.3 is 0 Å². The zero-order chi connectivity index (χ0) is 21.5. The largest absolute Gasteiger partial charge is 0.467 e. The van der Waals surface area contributed by atoms with Crippen LogP contribution in [-0.4, -0.2) is 24.4 Å². The number of nitrogens with one attached hydrogen (secondary N) is 3. The molecule has 2 aromatic carbocycles. The van der Waals surface area contributed by atoms with Crippen LogP contribution in [-0.2, 0) is 9.59 Å². The minimum absolute atomic E-state index is 0.102. The Labute approximate surface area is 176 Å². The molecule has 0 saturated carbocycles. The molecule has 0 saturated heterocycles. The molecule has 0 unspecified atom stereocenters. The van der Waals surface area contributed by atoms with Crippen molar-refractivity contribution in [3.8, 4) is 0 Å². The number of anilines is 1. The Morgan fingerprint density at radius 2 is 1.63 bits per heavy atom. The summed E-state index contributed by atoms with van der Waals surface area (Å²) in [7, 11) is 0. The molecule has 3 rings (SSSR count). The van der Waals surface area contributed by atoms with E-state index in [0.29, 0.717) is 5.76 Å². The third-order valence-corrected chi connectivity index (χ3v) is 4.94. The lowest BCUT2D eigenvalue weighted by Crippen LogP contribution is -2.46. The molecule has 3 aromatic rings. The van der Waals surface area contributed by atoms with E-state index in [-0.39, 0.29) is 24.4 Å². The zero-order valence-corrected chi connectivity index (χ0v) is 17.4. The fraction of sp³-hybridized carbons (Fsp3) is 0.250. The molecule has 2 amide bonds. The van der Waals surface area contributed by atoms with Crippen LogP contribution in [0.3, 0.4) is 0 Å². The Morgan fingerprint density at radius 1 is 0.933 bits per heavy atom. The van der Waals surface area contributed by atoms with Crippen molar-refractivity contribution in [2.45, 2.75) is 32.9 Å². The van der Waals surface area contributed by atoms with Gasteiger partial charge in [-0.3, -0.25) is 14.9 Å². The highest BCUT2D eigenvalue weighted by Crippen LogP contribution is 2.23.